The number of nitrogens with zero attached hydrogens (tertiary/aromatic N) is 2. The van der Waals surface area contributed by atoms with Crippen LogP contribution in [0, 0.1) is 5.92 Å². The van der Waals surface area contributed by atoms with Gasteiger partial charge in [-0.25, -0.2) is 0 Å². The Labute approximate surface area is 112 Å². The number of ether oxygens (including phenoxy) is 1. The molecule has 3 unspecified atom stereocenters. The van der Waals surface area contributed by atoms with E-state index in [1.807, 2.05) is 17.0 Å². The van der Waals surface area contributed by atoms with Crippen molar-refractivity contribution in [1.82, 2.24) is 9.88 Å². The zero-order valence-corrected chi connectivity index (χ0v) is 10.9. The third kappa shape index (κ3) is 2.35. The largest absolute Gasteiger partial charge is 0.379 e. The number of hydrogen-bond acceptors (Lipinski definition) is 4. The average Bonchev–Trinajstić information content (AvgIpc) is 3.07. The normalized spacial score (nSPS) is 30.8. The molecule has 3 rings (SSSR count). The molecule has 3 atom stereocenters. The average molecular weight is 261 g/mol. The third-order valence-corrected chi connectivity index (χ3v) is 4.07. The lowest BCUT2D eigenvalue weighted by Crippen LogP contribution is -2.43. The maximum absolute atomic E-state index is 12.6. The summed E-state index contributed by atoms with van der Waals surface area (Å²) < 4.78 is 5.31. The smallest absolute Gasteiger partial charge is 0.230 e. The SMILES string of the molecule is NC1COCC1C(=O)N1CCCC1c1ccncc1. The van der Waals surface area contributed by atoms with Gasteiger partial charge in [-0.15, -0.1) is 0 Å². The molecule has 2 aliphatic rings. The molecule has 1 aromatic heterocycles. The van der Waals surface area contributed by atoms with Gasteiger partial charge < -0.3 is 15.4 Å². The fraction of sp³-hybridized carbons (Fsp3) is 0.571. The molecule has 0 saturated carbocycles. The first-order valence-corrected chi connectivity index (χ1v) is 6.81. The van der Waals surface area contributed by atoms with Crippen LogP contribution >= 0.6 is 0 Å². The summed E-state index contributed by atoms with van der Waals surface area (Å²) in [6, 6.07) is 3.98. The van der Waals surface area contributed by atoms with Gasteiger partial charge in [0.25, 0.3) is 0 Å². The zero-order valence-electron chi connectivity index (χ0n) is 10.9. The Morgan fingerprint density at radius 3 is 2.84 bits per heavy atom. The number of pyridine rings is 1. The molecule has 0 aliphatic carbocycles. The van der Waals surface area contributed by atoms with E-state index in [1.165, 1.54) is 0 Å². The molecule has 3 heterocycles. The Morgan fingerprint density at radius 1 is 1.37 bits per heavy atom. The fourth-order valence-electron chi connectivity index (χ4n) is 3.00. The first kappa shape index (κ1) is 12.6. The number of rotatable bonds is 2. The standard InChI is InChI=1S/C14H19N3O2/c15-12-9-19-8-11(12)14(18)17-7-1-2-13(17)10-3-5-16-6-4-10/h3-6,11-13H,1-2,7-9,15H2. The molecule has 0 radical (unpaired) electrons. The van der Waals surface area contributed by atoms with E-state index in [0.717, 1.165) is 24.9 Å². The Kier molecular flexibility index (Phi) is 3.48. The van der Waals surface area contributed by atoms with E-state index in [2.05, 4.69) is 4.98 Å². The van der Waals surface area contributed by atoms with Crippen LogP contribution < -0.4 is 5.73 Å². The predicted molar refractivity (Wildman–Crippen MR) is 70.2 cm³/mol. The second-order valence-corrected chi connectivity index (χ2v) is 5.28. The highest BCUT2D eigenvalue weighted by atomic mass is 16.5. The van der Waals surface area contributed by atoms with E-state index >= 15 is 0 Å². The van der Waals surface area contributed by atoms with Crippen LogP contribution in [0.2, 0.25) is 0 Å². The molecule has 0 aromatic carbocycles. The van der Waals surface area contributed by atoms with Gasteiger partial charge in [0.15, 0.2) is 0 Å². The zero-order chi connectivity index (χ0) is 13.2. The Morgan fingerprint density at radius 2 is 2.16 bits per heavy atom. The second kappa shape index (κ2) is 5.27. The minimum absolute atomic E-state index is 0.143. The number of carbonyl (C=O) groups is 1. The molecule has 1 amide bonds. The van der Waals surface area contributed by atoms with Gasteiger partial charge in [-0.1, -0.05) is 0 Å². The van der Waals surface area contributed by atoms with Gasteiger partial charge in [-0.2, -0.15) is 0 Å². The number of likely N-dealkylation sites (tertiary alicyclic amines) is 1. The minimum atomic E-state index is -0.178. The van der Waals surface area contributed by atoms with Gasteiger partial charge in [0.1, 0.15) is 0 Å². The summed E-state index contributed by atoms with van der Waals surface area (Å²) in [5.74, 6) is -0.0354. The summed E-state index contributed by atoms with van der Waals surface area (Å²) in [6.45, 7) is 1.76. The van der Waals surface area contributed by atoms with Crippen molar-refractivity contribution in [2.24, 2.45) is 11.7 Å². The number of amides is 1. The summed E-state index contributed by atoms with van der Waals surface area (Å²) in [6.07, 6.45) is 5.61. The van der Waals surface area contributed by atoms with Gasteiger partial charge in [-0.05, 0) is 30.5 Å². The van der Waals surface area contributed by atoms with Crippen molar-refractivity contribution >= 4 is 5.91 Å². The Hall–Kier alpha value is -1.46. The molecule has 2 saturated heterocycles. The molecular formula is C14H19N3O2. The van der Waals surface area contributed by atoms with Crippen LogP contribution in [-0.2, 0) is 9.53 Å². The quantitative estimate of drug-likeness (QED) is 0.851. The summed E-state index contributed by atoms with van der Waals surface area (Å²) in [5.41, 5.74) is 7.11. The monoisotopic (exact) mass is 261 g/mol. The second-order valence-electron chi connectivity index (χ2n) is 5.28. The molecule has 5 heteroatoms. The predicted octanol–water partition coefficient (Wildman–Crippen LogP) is 0.719. The molecule has 0 spiro atoms. The molecular weight excluding hydrogens is 242 g/mol. The molecule has 2 aliphatic heterocycles. The van der Waals surface area contributed by atoms with Crippen LogP contribution in [0.1, 0.15) is 24.4 Å². The molecule has 19 heavy (non-hydrogen) atoms. The highest BCUT2D eigenvalue weighted by Gasteiger charge is 2.38. The van der Waals surface area contributed by atoms with Crippen LogP contribution in [0.5, 0.6) is 0 Å². The first-order valence-electron chi connectivity index (χ1n) is 6.81. The lowest BCUT2D eigenvalue weighted by atomic mass is 10.0. The highest BCUT2D eigenvalue weighted by molar-refractivity contribution is 5.80. The number of nitrogens with two attached hydrogens (primary N) is 1. The van der Waals surface area contributed by atoms with Crippen LogP contribution in [0.15, 0.2) is 24.5 Å². The van der Waals surface area contributed by atoms with Gasteiger partial charge in [-0.3, -0.25) is 9.78 Å². The number of carbonyl (C=O) groups excluding carboxylic acids is 1. The first-order chi connectivity index (χ1) is 9.27. The highest BCUT2D eigenvalue weighted by Crippen LogP contribution is 2.33. The van der Waals surface area contributed by atoms with Crippen LogP contribution in [0.3, 0.4) is 0 Å². The summed E-state index contributed by atoms with van der Waals surface area (Å²) in [4.78, 5) is 18.6. The van der Waals surface area contributed by atoms with Gasteiger partial charge >= 0.3 is 0 Å². The third-order valence-electron chi connectivity index (χ3n) is 4.07. The number of aromatic nitrogens is 1. The molecule has 2 N–H and O–H groups in total. The Balaban J connectivity index is 1.78. The van der Waals surface area contributed by atoms with Crippen molar-refractivity contribution in [1.29, 1.82) is 0 Å². The van der Waals surface area contributed by atoms with Crippen LogP contribution in [-0.4, -0.2) is 41.6 Å². The van der Waals surface area contributed by atoms with Crippen LogP contribution in [0.25, 0.3) is 0 Å². The molecule has 102 valence electrons. The van der Waals surface area contributed by atoms with Crippen molar-refractivity contribution in [3.63, 3.8) is 0 Å². The Bertz CT molecular complexity index is 451. The lowest BCUT2D eigenvalue weighted by Gasteiger charge is -2.28. The topological polar surface area (TPSA) is 68.5 Å². The van der Waals surface area contributed by atoms with Gasteiger partial charge in [0, 0.05) is 25.0 Å². The summed E-state index contributed by atoms with van der Waals surface area (Å²) in [7, 11) is 0. The molecule has 2 fully saturated rings. The van der Waals surface area contributed by atoms with E-state index in [-0.39, 0.29) is 23.9 Å². The van der Waals surface area contributed by atoms with Crippen molar-refractivity contribution in [2.75, 3.05) is 19.8 Å². The van der Waals surface area contributed by atoms with Crippen molar-refractivity contribution in [3.8, 4) is 0 Å². The van der Waals surface area contributed by atoms with Gasteiger partial charge in [0.2, 0.25) is 5.91 Å². The maximum atomic E-state index is 12.6. The van der Waals surface area contributed by atoms with Crippen molar-refractivity contribution in [3.05, 3.63) is 30.1 Å². The van der Waals surface area contributed by atoms with E-state index < -0.39 is 0 Å². The van der Waals surface area contributed by atoms with E-state index in [9.17, 15) is 4.79 Å². The molecule has 0 bridgehead atoms. The number of hydrogen-bond donors (Lipinski definition) is 1. The van der Waals surface area contributed by atoms with Crippen molar-refractivity contribution in [2.45, 2.75) is 24.9 Å². The maximum Gasteiger partial charge on any atom is 0.230 e. The van der Waals surface area contributed by atoms with E-state index in [0.29, 0.717) is 13.2 Å². The van der Waals surface area contributed by atoms with Crippen molar-refractivity contribution < 1.29 is 9.53 Å². The summed E-state index contributed by atoms with van der Waals surface area (Å²) >= 11 is 0. The molecule has 1 aromatic rings. The van der Waals surface area contributed by atoms with Crippen LogP contribution in [0.4, 0.5) is 0 Å². The van der Waals surface area contributed by atoms with Gasteiger partial charge in [0.05, 0.1) is 25.2 Å². The lowest BCUT2D eigenvalue weighted by molar-refractivity contribution is -0.136. The summed E-state index contributed by atoms with van der Waals surface area (Å²) in [5, 5.41) is 0. The van der Waals surface area contributed by atoms with E-state index in [4.69, 9.17) is 10.5 Å². The minimum Gasteiger partial charge on any atom is -0.379 e. The van der Waals surface area contributed by atoms with E-state index in [1.54, 1.807) is 12.4 Å². The fourth-order valence-corrected chi connectivity index (χ4v) is 3.00. The molecule has 5 nitrogen and oxygen atoms in total.